The molecule has 3 fully saturated rings. The lowest BCUT2D eigenvalue weighted by Gasteiger charge is -2.51. The van der Waals surface area contributed by atoms with E-state index in [1.165, 1.54) is 37.0 Å². The SMILES string of the molecule is CC[N+]12CCC(CC1)C(C(=O)c1cccs1)C2. The molecule has 3 aliphatic rings. The molecule has 4 rings (SSSR count). The number of hydrogen-bond donors (Lipinski definition) is 0. The molecule has 0 saturated carbocycles. The molecule has 1 atom stereocenters. The normalized spacial score (nSPS) is 36.1. The van der Waals surface area contributed by atoms with Crippen molar-refractivity contribution in [1.82, 2.24) is 0 Å². The molecule has 92 valence electrons. The highest BCUT2D eigenvalue weighted by Crippen LogP contribution is 2.39. The van der Waals surface area contributed by atoms with E-state index < -0.39 is 0 Å². The van der Waals surface area contributed by atoms with Crippen molar-refractivity contribution >= 4 is 17.1 Å². The van der Waals surface area contributed by atoms with E-state index in [4.69, 9.17) is 0 Å². The van der Waals surface area contributed by atoms with Crippen LogP contribution in [0.1, 0.15) is 29.4 Å². The monoisotopic (exact) mass is 250 g/mol. The summed E-state index contributed by atoms with van der Waals surface area (Å²) in [4.78, 5) is 13.5. The van der Waals surface area contributed by atoms with Crippen molar-refractivity contribution in [3.05, 3.63) is 22.4 Å². The number of carbonyl (C=O) groups is 1. The number of hydrogen-bond acceptors (Lipinski definition) is 2. The van der Waals surface area contributed by atoms with Crippen molar-refractivity contribution < 1.29 is 9.28 Å². The second kappa shape index (κ2) is 4.21. The van der Waals surface area contributed by atoms with Crippen molar-refractivity contribution in [1.29, 1.82) is 0 Å². The first-order chi connectivity index (χ1) is 8.24. The lowest BCUT2D eigenvalue weighted by atomic mass is 9.75. The van der Waals surface area contributed by atoms with Gasteiger partial charge in [0.1, 0.15) is 0 Å². The first-order valence-electron chi connectivity index (χ1n) is 6.67. The van der Waals surface area contributed by atoms with Gasteiger partial charge in [0.25, 0.3) is 0 Å². The Kier molecular flexibility index (Phi) is 2.83. The summed E-state index contributed by atoms with van der Waals surface area (Å²) in [5.74, 6) is 1.38. The maximum absolute atomic E-state index is 12.5. The van der Waals surface area contributed by atoms with Gasteiger partial charge in [-0.15, -0.1) is 11.3 Å². The van der Waals surface area contributed by atoms with Gasteiger partial charge in [-0.25, -0.2) is 0 Å². The summed E-state index contributed by atoms with van der Waals surface area (Å²) in [5, 5.41) is 2.01. The minimum Gasteiger partial charge on any atom is -0.323 e. The molecule has 0 aromatic carbocycles. The van der Waals surface area contributed by atoms with Gasteiger partial charge in [0.2, 0.25) is 0 Å². The molecule has 0 aliphatic carbocycles. The van der Waals surface area contributed by atoms with Crippen molar-refractivity contribution in [3.8, 4) is 0 Å². The van der Waals surface area contributed by atoms with Crippen molar-refractivity contribution in [2.75, 3.05) is 26.2 Å². The zero-order chi connectivity index (χ0) is 11.9. The molecule has 3 heteroatoms. The van der Waals surface area contributed by atoms with E-state index in [2.05, 4.69) is 6.92 Å². The lowest BCUT2D eigenvalue weighted by Crippen LogP contribution is -2.62. The third kappa shape index (κ3) is 1.85. The Morgan fingerprint density at radius 3 is 2.82 bits per heavy atom. The van der Waals surface area contributed by atoms with Gasteiger partial charge in [0.15, 0.2) is 5.78 Å². The van der Waals surface area contributed by atoms with Crippen molar-refractivity contribution in [2.45, 2.75) is 19.8 Å². The molecule has 0 amide bonds. The van der Waals surface area contributed by atoms with Crippen LogP contribution in [0, 0.1) is 11.8 Å². The van der Waals surface area contributed by atoms with Crippen LogP contribution >= 0.6 is 11.3 Å². The first-order valence-corrected chi connectivity index (χ1v) is 7.55. The van der Waals surface area contributed by atoms with E-state index in [-0.39, 0.29) is 0 Å². The van der Waals surface area contributed by atoms with E-state index in [0.717, 1.165) is 11.4 Å². The van der Waals surface area contributed by atoms with Gasteiger partial charge in [-0.2, -0.15) is 0 Å². The van der Waals surface area contributed by atoms with Crippen LogP contribution in [-0.2, 0) is 0 Å². The summed E-state index contributed by atoms with van der Waals surface area (Å²) in [6, 6.07) is 3.98. The topological polar surface area (TPSA) is 17.1 Å². The summed E-state index contributed by atoms with van der Waals surface area (Å²) in [5.41, 5.74) is 0. The van der Waals surface area contributed by atoms with E-state index in [0.29, 0.717) is 17.6 Å². The Hall–Kier alpha value is -0.670. The number of carbonyl (C=O) groups excluding carboxylic acids is 1. The quantitative estimate of drug-likeness (QED) is 0.595. The molecule has 3 saturated heterocycles. The smallest absolute Gasteiger partial charge is 0.181 e. The maximum Gasteiger partial charge on any atom is 0.181 e. The van der Waals surface area contributed by atoms with Gasteiger partial charge >= 0.3 is 0 Å². The van der Waals surface area contributed by atoms with Crippen LogP contribution in [-0.4, -0.2) is 36.4 Å². The van der Waals surface area contributed by atoms with Gasteiger partial charge in [0, 0.05) is 12.8 Å². The summed E-state index contributed by atoms with van der Waals surface area (Å²) >= 11 is 1.60. The largest absolute Gasteiger partial charge is 0.323 e. The molecule has 3 aliphatic heterocycles. The van der Waals surface area contributed by atoms with Crippen molar-refractivity contribution in [2.24, 2.45) is 11.8 Å². The summed E-state index contributed by atoms with van der Waals surface area (Å²) < 4.78 is 1.19. The number of piperidine rings is 3. The molecule has 0 N–H and O–H groups in total. The molecular formula is C14H20NOS+. The van der Waals surface area contributed by atoms with Gasteiger partial charge in [-0.05, 0) is 24.3 Å². The predicted octanol–water partition coefficient (Wildman–Crippen LogP) is 2.81. The highest BCUT2D eigenvalue weighted by Gasteiger charge is 2.47. The van der Waals surface area contributed by atoms with Gasteiger partial charge < -0.3 is 4.48 Å². The number of nitrogens with zero attached hydrogens (tertiary/aromatic N) is 1. The molecule has 17 heavy (non-hydrogen) atoms. The molecule has 2 bridgehead atoms. The first kappa shape index (κ1) is 11.4. The zero-order valence-electron chi connectivity index (χ0n) is 10.4. The van der Waals surface area contributed by atoms with E-state index in [1.807, 2.05) is 17.5 Å². The van der Waals surface area contributed by atoms with Crippen LogP contribution in [0.15, 0.2) is 17.5 Å². The van der Waals surface area contributed by atoms with Gasteiger partial charge in [0.05, 0.1) is 37.0 Å². The van der Waals surface area contributed by atoms with E-state index in [1.54, 1.807) is 11.3 Å². The Morgan fingerprint density at radius 1 is 1.47 bits per heavy atom. The number of ketones is 1. The Bertz CT molecular complexity index is 404. The summed E-state index contributed by atoms with van der Waals surface area (Å²) in [6.07, 6.45) is 2.52. The second-order valence-electron chi connectivity index (χ2n) is 5.57. The Balaban J connectivity index is 1.83. The Morgan fingerprint density at radius 2 is 2.24 bits per heavy atom. The average molecular weight is 250 g/mol. The highest BCUT2D eigenvalue weighted by atomic mass is 32.1. The van der Waals surface area contributed by atoms with Crippen molar-refractivity contribution in [3.63, 3.8) is 0 Å². The van der Waals surface area contributed by atoms with Crippen LogP contribution in [0.4, 0.5) is 0 Å². The van der Waals surface area contributed by atoms with Crippen LogP contribution in [0.25, 0.3) is 0 Å². The minimum atomic E-state index is 0.302. The van der Waals surface area contributed by atoms with Gasteiger partial charge in [-0.3, -0.25) is 4.79 Å². The molecule has 1 unspecified atom stereocenters. The Labute approximate surface area is 107 Å². The van der Waals surface area contributed by atoms with E-state index >= 15 is 0 Å². The van der Waals surface area contributed by atoms with Crippen LogP contribution in [0.5, 0.6) is 0 Å². The van der Waals surface area contributed by atoms with Crippen LogP contribution < -0.4 is 0 Å². The summed E-state index contributed by atoms with van der Waals surface area (Å²) in [7, 11) is 0. The third-order valence-electron chi connectivity index (χ3n) is 4.87. The summed E-state index contributed by atoms with van der Waals surface area (Å²) in [6.45, 7) is 7.17. The highest BCUT2D eigenvalue weighted by molar-refractivity contribution is 7.12. The average Bonchev–Trinajstić information content (AvgIpc) is 2.93. The fourth-order valence-corrected chi connectivity index (χ4v) is 4.36. The standard InChI is InChI=1S/C14H20NOS/c1-2-15-7-5-11(6-8-15)12(10-15)14(16)13-4-3-9-17-13/h3-4,9,11-12H,2,5-8,10H2,1H3/q+1. The molecule has 1 aromatic rings. The van der Waals surface area contributed by atoms with Crippen LogP contribution in [0.3, 0.4) is 0 Å². The molecule has 2 nitrogen and oxygen atoms in total. The third-order valence-corrected chi connectivity index (χ3v) is 5.76. The number of Topliss-reactive ketones (excluding diaryl/α,β-unsaturated/α-hetero) is 1. The number of quaternary nitrogens is 1. The zero-order valence-corrected chi connectivity index (χ0v) is 11.2. The molecule has 4 heterocycles. The lowest BCUT2D eigenvalue weighted by molar-refractivity contribution is -0.943. The fourth-order valence-electron chi connectivity index (χ4n) is 3.63. The second-order valence-corrected chi connectivity index (χ2v) is 6.52. The molecular weight excluding hydrogens is 230 g/mol. The number of thiophene rings is 1. The van der Waals surface area contributed by atoms with Gasteiger partial charge in [-0.1, -0.05) is 6.07 Å². The van der Waals surface area contributed by atoms with E-state index in [9.17, 15) is 4.79 Å². The molecule has 1 aromatic heterocycles. The van der Waals surface area contributed by atoms with Crippen LogP contribution in [0.2, 0.25) is 0 Å². The maximum atomic E-state index is 12.5. The minimum absolute atomic E-state index is 0.302. The predicted molar refractivity (Wildman–Crippen MR) is 70.3 cm³/mol. The molecule has 0 radical (unpaired) electrons. The number of rotatable bonds is 3. The molecule has 0 spiro atoms. The number of fused-ring (bicyclic) bond motifs is 3. The fraction of sp³-hybridized carbons (Fsp3) is 0.643.